The summed E-state index contributed by atoms with van der Waals surface area (Å²) in [7, 11) is 3.20. The average Bonchev–Trinajstić information content (AvgIpc) is 2.48. The van der Waals surface area contributed by atoms with Crippen molar-refractivity contribution in [3.05, 3.63) is 47.5 Å². The van der Waals surface area contributed by atoms with Crippen molar-refractivity contribution in [3.8, 4) is 23.0 Å². The molecule has 2 aromatic rings. The van der Waals surface area contributed by atoms with Gasteiger partial charge in [0.2, 0.25) is 0 Å². The van der Waals surface area contributed by atoms with Gasteiger partial charge in [-0.3, -0.25) is 0 Å². The molecule has 0 aliphatic heterocycles. The quantitative estimate of drug-likeness (QED) is 0.908. The highest BCUT2D eigenvalue weighted by atomic mass is 16.5. The van der Waals surface area contributed by atoms with Crippen molar-refractivity contribution in [1.29, 1.82) is 0 Å². The number of aromatic hydroxyl groups is 1. The molecule has 4 nitrogen and oxygen atoms in total. The van der Waals surface area contributed by atoms with Crippen LogP contribution in [0.5, 0.6) is 23.0 Å². The Balaban J connectivity index is 2.13. The second-order valence-corrected chi connectivity index (χ2v) is 4.38. The maximum atomic E-state index is 9.63. The highest BCUT2D eigenvalue weighted by molar-refractivity contribution is 5.44. The third kappa shape index (κ3) is 2.96. The summed E-state index contributed by atoms with van der Waals surface area (Å²) in [4.78, 5) is 0. The third-order valence-corrected chi connectivity index (χ3v) is 3.10. The Morgan fingerprint density at radius 3 is 2.40 bits per heavy atom. The first-order chi connectivity index (χ1) is 9.65. The van der Waals surface area contributed by atoms with E-state index in [1.165, 1.54) is 0 Å². The summed E-state index contributed by atoms with van der Waals surface area (Å²) in [5.74, 6) is 2.25. The van der Waals surface area contributed by atoms with Crippen LogP contribution in [0.25, 0.3) is 0 Å². The van der Waals surface area contributed by atoms with E-state index in [1.54, 1.807) is 26.4 Å². The molecule has 106 valence electrons. The van der Waals surface area contributed by atoms with Gasteiger partial charge in [-0.05, 0) is 36.8 Å². The Morgan fingerprint density at radius 2 is 1.70 bits per heavy atom. The number of ether oxygens (including phenoxy) is 3. The van der Waals surface area contributed by atoms with Crippen LogP contribution < -0.4 is 14.2 Å². The molecule has 1 N–H and O–H groups in total. The lowest BCUT2D eigenvalue weighted by Crippen LogP contribution is -1.98. The SMILES string of the molecule is COc1ccc(COc2cccc(O)c2C)cc1OC. The van der Waals surface area contributed by atoms with Gasteiger partial charge in [0.15, 0.2) is 11.5 Å². The first kappa shape index (κ1) is 14.1. The molecule has 0 aliphatic rings. The highest BCUT2D eigenvalue weighted by Crippen LogP contribution is 2.29. The molecule has 0 atom stereocenters. The van der Waals surface area contributed by atoms with Crippen LogP contribution in [0.3, 0.4) is 0 Å². The third-order valence-electron chi connectivity index (χ3n) is 3.10. The minimum atomic E-state index is 0.231. The van der Waals surface area contributed by atoms with E-state index >= 15 is 0 Å². The van der Waals surface area contributed by atoms with E-state index in [1.807, 2.05) is 31.2 Å². The van der Waals surface area contributed by atoms with Gasteiger partial charge >= 0.3 is 0 Å². The Hall–Kier alpha value is -2.36. The minimum absolute atomic E-state index is 0.231. The van der Waals surface area contributed by atoms with Gasteiger partial charge in [-0.15, -0.1) is 0 Å². The van der Waals surface area contributed by atoms with E-state index in [0.717, 1.165) is 11.1 Å². The summed E-state index contributed by atoms with van der Waals surface area (Å²) >= 11 is 0. The summed E-state index contributed by atoms with van der Waals surface area (Å²) in [6.45, 7) is 2.21. The van der Waals surface area contributed by atoms with Crippen LogP contribution in [-0.4, -0.2) is 19.3 Å². The second-order valence-electron chi connectivity index (χ2n) is 4.38. The summed E-state index contributed by atoms with van der Waals surface area (Å²) < 4.78 is 16.2. The van der Waals surface area contributed by atoms with Gasteiger partial charge in [0, 0.05) is 5.56 Å². The van der Waals surface area contributed by atoms with Crippen molar-refractivity contribution in [1.82, 2.24) is 0 Å². The normalized spacial score (nSPS) is 10.2. The Bertz CT molecular complexity index is 593. The van der Waals surface area contributed by atoms with Gasteiger partial charge in [-0.25, -0.2) is 0 Å². The Morgan fingerprint density at radius 1 is 0.950 bits per heavy atom. The molecule has 2 aromatic carbocycles. The predicted molar refractivity (Wildman–Crippen MR) is 76.7 cm³/mol. The van der Waals surface area contributed by atoms with Crippen LogP contribution in [0.2, 0.25) is 0 Å². The topological polar surface area (TPSA) is 47.9 Å². The molecular weight excluding hydrogens is 256 g/mol. The second kappa shape index (κ2) is 6.19. The van der Waals surface area contributed by atoms with Crippen molar-refractivity contribution >= 4 is 0 Å². The van der Waals surface area contributed by atoms with Gasteiger partial charge in [0.25, 0.3) is 0 Å². The molecule has 2 rings (SSSR count). The van der Waals surface area contributed by atoms with Gasteiger partial charge in [0.1, 0.15) is 18.1 Å². The summed E-state index contributed by atoms with van der Waals surface area (Å²) in [5.41, 5.74) is 1.69. The lowest BCUT2D eigenvalue weighted by Gasteiger charge is -2.12. The Labute approximate surface area is 118 Å². The minimum Gasteiger partial charge on any atom is -0.508 e. The van der Waals surface area contributed by atoms with Crippen LogP contribution >= 0.6 is 0 Å². The zero-order valence-electron chi connectivity index (χ0n) is 11.8. The highest BCUT2D eigenvalue weighted by Gasteiger charge is 2.07. The van der Waals surface area contributed by atoms with Crippen molar-refractivity contribution in [3.63, 3.8) is 0 Å². The molecule has 0 heterocycles. The maximum Gasteiger partial charge on any atom is 0.161 e. The number of phenols is 1. The lowest BCUT2D eigenvalue weighted by atomic mass is 10.2. The zero-order valence-corrected chi connectivity index (χ0v) is 11.8. The van der Waals surface area contributed by atoms with E-state index in [2.05, 4.69) is 0 Å². The molecule has 0 fully saturated rings. The smallest absolute Gasteiger partial charge is 0.161 e. The number of rotatable bonds is 5. The number of hydrogen-bond acceptors (Lipinski definition) is 4. The molecule has 20 heavy (non-hydrogen) atoms. The van der Waals surface area contributed by atoms with Crippen molar-refractivity contribution in [2.75, 3.05) is 14.2 Å². The molecule has 0 aromatic heterocycles. The van der Waals surface area contributed by atoms with E-state index < -0.39 is 0 Å². The van der Waals surface area contributed by atoms with Crippen LogP contribution in [0.4, 0.5) is 0 Å². The maximum absolute atomic E-state index is 9.63. The van der Waals surface area contributed by atoms with Crippen molar-refractivity contribution in [2.24, 2.45) is 0 Å². The summed E-state index contributed by atoms with van der Waals surface area (Å²) in [6, 6.07) is 10.9. The fourth-order valence-corrected chi connectivity index (χ4v) is 1.89. The van der Waals surface area contributed by atoms with Crippen LogP contribution in [-0.2, 0) is 6.61 Å². The number of hydrogen-bond donors (Lipinski definition) is 1. The summed E-state index contributed by atoms with van der Waals surface area (Å²) in [6.07, 6.45) is 0. The lowest BCUT2D eigenvalue weighted by molar-refractivity contribution is 0.299. The number of benzene rings is 2. The Kier molecular flexibility index (Phi) is 4.35. The molecule has 0 aliphatic carbocycles. The standard InChI is InChI=1S/C16H18O4/c1-11-13(17)5-4-6-14(11)20-10-12-7-8-15(18-2)16(9-12)19-3/h4-9,17H,10H2,1-3H3. The monoisotopic (exact) mass is 274 g/mol. The fourth-order valence-electron chi connectivity index (χ4n) is 1.89. The number of methoxy groups -OCH3 is 2. The number of phenolic OH excluding ortho intramolecular Hbond substituents is 1. The zero-order chi connectivity index (χ0) is 14.5. The van der Waals surface area contributed by atoms with Crippen LogP contribution in [0.1, 0.15) is 11.1 Å². The molecule has 0 amide bonds. The van der Waals surface area contributed by atoms with Crippen LogP contribution in [0.15, 0.2) is 36.4 Å². The summed E-state index contributed by atoms with van der Waals surface area (Å²) in [5, 5.41) is 9.63. The molecule has 0 saturated carbocycles. The molecule has 0 unspecified atom stereocenters. The van der Waals surface area contributed by atoms with Gasteiger partial charge in [0.05, 0.1) is 14.2 Å². The first-order valence-corrected chi connectivity index (χ1v) is 6.28. The fraction of sp³-hybridized carbons (Fsp3) is 0.250. The molecular formula is C16H18O4. The molecule has 0 radical (unpaired) electrons. The molecule has 0 saturated heterocycles. The molecule has 0 spiro atoms. The van der Waals surface area contributed by atoms with E-state index in [9.17, 15) is 5.11 Å². The predicted octanol–water partition coefficient (Wildman–Crippen LogP) is 3.30. The van der Waals surface area contributed by atoms with E-state index in [4.69, 9.17) is 14.2 Å². The first-order valence-electron chi connectivity index (χ1n) is 6.28. The van der Waals surface area contributed by atoms with Gasteiger partial charge in [-0.1, -0.05) is 12.1 Å². The van der Waals surface area contributed by atoms with Crippen molar-refractivity contribution in [2.45, 2.75) is 13.5 Å². The van der Waals surface area contributed by atoms with Gasteiger partial charge in [-0.2, -0.15) is 0 Å². The van der Waals surface area contributed by atoms with E-state index in [-0.39, 0.29) is 5.75 Å². The molecule has 0 bridgehead atoms. The molecule has 4 heteroatoms. The largest absolute Gasteiger partial charge is 0.508 e. The van der Waals surface area contributed by atoms with Crippen molar-refractivity contribution < 1.29 is 19.3 Å². The average molecular weight is 274 g/mol. The van der Waals surface area contributed by atoms with E-state index in [0.29, 0.717) is 23.9 Å². The van der Waals surface area contributed by atoms with Crippen LogP contribution in [0, 0.1) is 6.92 Å². The van der Waals surface area contributed by atoms with Gasteiger partial charge < -0.3 is 19.3 Å².